The summed E-state index contributed by atoms with van der Waals surface area (Å²) in [7, 11) is 0. The first-order valence-corrected chi connectivity index (χ1v) is 13.8. The van der Waals surface area contributed by atoms with E-state index in [1.54, 1.807) is 0 Å². The first-order valence-electron chi connectivity index (χ1n) is 13.8. The molecule has 5 heteroatoms. The summed E-state index contributed by atoms with van der Waals surface area (Å²) < 4.78 is 6.61. The number of carbonyl (C=O) groups excluding carboxylic acids is 1. The molecule has 0 saturated carbocycles. The topological polar surface area (TPSA) is 65.9 Å². The number of carbonyl (C=O) groups is 1. The molecule has 2 aliphatic rings. The van der Waals surface area contributed by atoms with Gasteiger partial charge in [0.15, 0.2) is 11.9 Å². The first-order chi connectivity index (χ1) is 17.1. The largest absolute Gasteiger partial charge is 0.482 e. The first kappa shape index (κ1) is 28.1. The molecule has 2 unspecified atom stereocenters. The van der Waals surface area contributed by atoms with Crippen LogP contribution in [0, 0.1) is 0 Å². The molecule has 1 fully saturated rings. The lowest BCUT2D eigenvalue weighted by Crippen LogP contribution is -2.53. The van der Waals surface area contributed by atoms with Gasteiger partial charge in [0.05, 0.1) is 6.04 Å². The number of hydrogen-bond donors (Lipinski definition) is 0. The molecule has 1 heterocycles. The number of ketones is 1. The Morgan fingerprint density at radius 2 is 1.75 bits per heavy atom. The zero-order valence-corrected chi connectivity index (χ0v) is 23.4. The maximum absolute atomic E-state index is 13.9. The fourth-order valence-electron chi connectivity index (χ4n) is 5.11. The summed E-state index contributed by atoms with van der Waals surface area (Å²) in [5.41, 5.74) is 12.1. The molecule has 0 spiro atoms. The summed E-state index contributed by atoms with van der Waals surface area (Å²) in [6.07, 6.45) is 12.8. The number of allylic oxidation sites excluding steroid dienone is 2. The molecular weight excluding hydrogens is 446 g/mol. The minimum Gasteiger partial charge on any atom is -0.482 e. The molecule has 0 N–H and O–H groups in total. The Bertz CT molecular complexity index is 1030. The third-order valence-electron chi connectivity index (χ3n) is 8.51. The summed E-state index contributed by atoms with van der Waals surface area (Å²) in [6, 6.07) is 6.42. The highest BCUT2D eigenvalue weighted by molar-refractivity contribution is 6.00. The Hall–Kier alpha value is -2.49. The van der Waals surface area contributed by atoms with Crippen LogP contribution >= 0.6 is 0 Å². The van der Waals surface area contributed by atoms with Gasteiger partial charge in [-0.1, -0.05) is 79.2 Å². The Balaban J connectivity index is 1.90. The molecule has 1 aromatic rings. The maximum atomic E-state index is 13.9. The lowest BCUT2D eigenvalue weighted by molar-refractivity contribution is -0.133. The van der Waals surface area contributed by atoms with Crippen molar-refractivity contribution in [3.8, 4) is 5.75 Å². The molecule has 1 aromatic carbocycles. The van der Waals surface area contributed by atoms with Crippen LogP contribution in [0.4, 0.5) is 0 Å². The van der Waals surface area contributed by atoms with Gasteiger partial charge in [-0.15, -0.1) is 0 Å². The van der Waals surface area contributed by atoms with E-state index in [0.717, 1.165) is 44.4 Å². The predicted molar refractivity (Wildman–Crippen MR) is 148 cm³/mol. The molecule has 0 amide bonds. The van der Waals surface area contributed by atoms with Crippen molar-refractivity contribution in [1.82, 2.24) is 4.90 Å². The van der Waals surface area contributed by atoms with E-state index in [1.165, 1.54) is 11.1 Å². The zero-order chi connectivity index (χ0) is 26.5. The number of Topliss-reactive ketones (excluding diaryl/α,β-unsaturated/α-hetero) is 1. The summed E-state index contributed by atoms with van der Waals surface area (Å²) in [5, 5.41) is 0. The third-order valence-corrected chi connectivity index (χ3v) is 8.51. The minimum atomic E-state index is -0.488. The predicted octanol–water partition coefficient (Wildman–Crippen LogP) is 6.81. The SMILES string of the molecule is CCC(Oc1ccc(C(C)(C)CC)cc1C(C)(C)CC)C(=O)C1CCCCN1C1C=CC(=[N+]=[N-])C=C1. The van der Waals surface area contributed by atoms with Crippen molar-refractivity contribution in [1.29, 1.82) is 0 Å². The van der Waals surface area contributed by atoms with Crippen molar-refractivity contribution >= 4 is 11.5 Å². The molecule has 3 rings (SSSR count). The van der Waals surface area contributed by atoms with E-state index in [1.807, 2.05) is 31.2 Å². The van der Waals surface area contributed by atoms with Crippen LogP contribution in [0.15, 0.2) is 42.5 Å². The Labute approximate surface area is 218 Å². The van der Waals surface area contributed by atoms with Crippen LogP contribution in [0.3, 0.4) is 0 Å². The summed E-state index contributed by atoms with van der Waals surface area (Å²) in [6.45, 7) is 16.4. The van der Waals surface area contributed by atoms with E-state index in [0.29, 0.717) is 12.1 Å². The molecule has 36 heavy (non-hydrogen) atoms. The summed E-state index contributed by atoms with van der Waals surface area (Å²) >= 11 is 0. The van der Waals surface area contributed by atoms with Crippen LogP contribution in [-0.4, -0.2) is 45.9 Å². The van der Waals surface area contributed by atoms with Crippen molar-refractivity contribution in [2.45, 2.75) is 116 Å². The van der Waals surface area contributed by atoms with Crippen LogP contribution in [0.1, 0.15) is 98.1 Å². The van der Waals surface area contributed by atoms with E-state index in [4.69, 9.17) is 10.3 Å². The summed E-state index contributed by atoms with van der Waals surface area (Å²) in [4.78, 5) is 19.5. The van der Waals surface area contributed by atoms with Crippen molar-refractivity contribution in [2.24, 2.45) is 0 Å². The monoisotopic (exact) mass is 491 g/mol. The molecule has 1 aliphatic heterocycles. The van der Waals surface area contributed by atoms with Gasteiger partial charge in [-0.3, -0.25) is 9.69 Å². The van der Waals surface area contributed by atoms with Gasteiger partial charge in [-0.2, -0.15) is 4.79 Å². The molecule has 1 aliphatic carbocycles. The second-order valence-electron chi connectivity index (χ2n) is 11.6. The van der Waals surface area contributed by atoms with Gasteiger partial charge in [0.1, 0.15) is 5.75 Å². The highest BCUT2D eigenvalue weighted by Gasteiger charge is 2.37. The number of benzene rings is 1. The standard InChI is InChI=1S/C31H45N3O2/c1-8-27(29(35)26-13-11-12-20-34(26)24-17-15-23(33-32)16-18-24)36-28-19-14-22(30(4,5)9-2)21-25(28)31(6,7)10-3/h14-19,21,24,26-27H,8-13,20H2,1-7H3. The quantitative estimate of drug-likeness (QED) is 0.267. The average molecular weight is 492 g/mol. The molecule has 0 aromatic heterocycles. The summed E-state index contributed by atoms with van der Waals surface area (Å²) in [5.74, 6) is 1.00. The molecule has 0 radical (unpaired) electrons. The van der Waals surface area contributed by atoms with Crippen molar-refractivity contribution in [3.05, 3.63) is 59.2 Å². The molecular formula is C31H45N3O2. The van der Waals surface area contributed by atoms with Gasteiger partial charge < -0.3 is 10.3 Å². The maximum Gasteiger partial charge on any atom is 0.314 e. The Morgan fingerprint density at radius 3 is 2.33 bits per heavy atom. The molecule has 1 saturated heterocycles. The second-order valence-corrected chi connectivity index (χ2v) is 11.6. The van der Waals surface area contributed by atoms with Gasteiger partial charge in [-0.05, 0) is 61.1 Å². The van der Waals surface area contributed by atoms with Gasteiger partial charge in [0.25, 0.3) is 0 Å². The number of piperidine rings is 1. The van der Waals surface area contributed by atoms with Crippen LogP contribution in [0.2, 0.25) is 0 Å². The highest BCUT2D eigenvalue weighted by Crippen LogP contribution is 2.39. The number of hydrogen-bond acceptors (Lipinski definition) is 3. The van der Waals surface area contributed by atoms with E-state index in [-0.39, 0.29) is 28.7 Å². The third kappa shape index (κ3) is 6.07. The molecule has 0 bridgehead atoms. The smallest absolute Gasteiger partial charge is 0.314 e. The van der Waals surface area contributed by atoms with Crippen LogP contribution in [0.25, 0.3) is 5.53 Å². The number of nitrogens with zero attached hydrogens (tertiary/aromatic N) is 3. The van der Waals surface area contributed by atoms with Gasteiger partial charge in [-0.25, -0.2) is 0 Å². The second kappa shape index (κ2) is 11.7. The van der Waals surface area contributed by atoms with Gasteiger partial charge in [0, 0.05) is 23.8 Å². The molecule has 2 atom stereocenters. The number of rotatable bonds is 10. The fraction of sp³-hybridized carbons (Fsp3) is 0.613. The molecule has 5 nitrogen and oxygen atoms in total. The average Bonchev–Trinajstić information content (AvgIpc) is 2.91. The van der Waals surface area contributed by atoms with E-state index >= 15 is 0 Å². The van der Waals surface area contributed by atoms with E-state index in [9.17, 15) is 4.79 Å². The van der Waals surface area contributed by atoms with Crippen LogP contribution in [-0.2, 0) is 15.6 Å². The zero-order valence-electron chi connectivity index (χ0n) is 23.4. The lowest BCUT2D eigenvalue weighted by atomic mass is 9.76. The van der Waals surface area contributed by atoms with Crippen molar-refractivity contribution in [2.75, 3.05) is 6.54 Å². The number of likely N-dealkylation sites (tertiary alicyclic amines) is 1. The molecule has 196 valence electrons. The van der Waals surface area contributed by atoms with Crippen LogP contribution < -0.4 is 4.74 Å². The van der Waals surface area contributed by atoms with Crippen molar-refractivity contribution in [3.63, 3.8) is 0 Å². The van der Waals surface area contributed by atoms with Crippen LogP contribution in [0.5, 0.6) is 5.75 Å². The van der Waals surface area contributed by atoms with Crippen molar-refractivity contribution < 1.29 is 14.3 Å². The van der Waals surface area contributed by atoms with Gasteiger partial charge in [0.2, 0.25) is 0 Å². The lowest BCUT2D eigenvalue weighted by Gasteiger charge is -2.40. The normalized spacial score (nSPS) is 21.8. The van der Waals surface area contributed by atoms with E-state index in [2.05, 4.69) is 69.4 Å². The highest BCUT2D eigenvalue weighted by atomic mass is 16.5. The van der Waals surface area contributed by atoms with E-state index < -0.39 is 6.10 Å². The number of ether oxygens (including phenoxy) is 1. The fourth-order valence-corrected chi connectivity index (χ4v) is 5.11. The van der Waals surface area contributed by atoms with Gasteiger partial charge >= 0.3 is 5.71 Å². The minimum absolute atomic E-state index is 0.0207. The Morgan fingerprint density at radius 1 is 1.08 bits per heavy atom. The Kier molecular flexibility index (Phi) is 9.13.